The highest BCUT2D eigenvalue weighted by Crippen LogP contribution is 2.27. The van der Waals surface area contributed by atoms with Crippen LogP contribution in [0.1, 0.15) is 32.6 Å². The predicted molar refractivity (Wildman–Crippen MR) is 65.8 cm³/mol. The molecule has 0 bridgehead atoms. The van der Waals surface area contributed by atoms with Gasteiger partial charge in [-0.25, -0.2) is 0 Å². The van der Waals surface area contributed by atoms with Crippen LogP contribution >= 0.6 is 0 Å². The van der Waals surface area contributed by atoms with E-state index in [-0.39, 0.29) is 5.91 Å². The summed E-state index contributed by atoms with van der Waals surface area (Å²) in [5, 5.41) is 5.84. The molecule has 1 amide bonds. The van der Waals surface area contributed by atoms with Crippen molar-refractivity contribution in [3.63, 3.8) is 0 Å². The lowest BCUT2D eigenvalue weighted by atomic mass is 9.83. The molecule has 2 N–H and O–H groups in total. The van der Waals surface area contributed by atoms with Gasteiger partial charge in [-0.15, -0.1) is 6.42 Å². The predicted octanol–water partition coefficient (Wildman–Crippen LogP) is 1.15. The van der Waals surface area contributed by atoms with Crippen LogP contribution < -0.4 is 10.6 Å². The molecule has 0 spiro atoms. The van der Waals surface area contributed by atoms with E-state index < -0.39 is 0 Å². The van der Waals surface area contributed by atoms with Crippen molar-refractivity contribution in [1.29, 1.82) is 0 Å². The minimum Gasteiger partial charge on any atom is -0.355 e. The molecule has 3 nitrogen and oxygen atoms in total. The molecule has 0 heterocycles. The Hall–Kier alpha value is -1.01. The van der Waals surface area contributed by atoms with E-state index in [0.717, 1.165) is 12.5 Å². The van der Waals surface area contributed by atoms with Crippen LogP contribution in [0.15, 0.2) is 0 Å². The SMILES string of the molecule is C#CCNCC(=O)NCC1CCC(C)CC1. The van der Waals surface area contributed by atoms with Crippen molar-refractivity contribution >= 4 is 5.91 Å². The highest BCUT2D eigenvalue weighted by molar-refractivity contribution is 5.77. The maximum atomic E-state index is 11.4. The van der Waals surface area contributed by atoms with Crippen molar-refractivity contribution in [3.8, 4) is 12.3 Å². The lowest BCUT2D eigenvalue weighted by Gasteiger charge is -2.26. The summed E-state index contributed by atoms with van der Waals surface area (Å²) in [7, 11) is 0. The first kappa shape index (κ1) is 13.1. The second-order valence-corrected chi connectivity index (χ2v) is 4.74. The van der Waals surface area contributed by atoms with E-state index in [9.17, 15) is 4.79 Å². The monoisotopic (exact) mass is 222 g/mol. The van der Waals surface area contributed by atoms with Crippen LogP contribution in [-0.2, 0) is 4.79 Å². The number of amides is 1. The Morgan fingerprint density at radius 3 is 2.69 bits per heavy atom. The first-order valence-corrected chi connectivity index (χ1v) is 6.13. The summed E-state index contributed by atoms with van der Waals surface area (Å²) < 4.78 is 0. The summed E-state index contributed by atoms with van der Waals surface area (Å²) in [5.74, 6) is 4.03. The fourth-order valence-corrected chi connectivity index (χ4v) is 2.10. The lowest BCUT2D eigenvalue weighted by Crippen LogP contribution is -2.37. The molecule has 0 aliphatic heterocycles. The van der Waals surface area contributed by atoms with E-state index in [1.165, 1.54) is 25.7 Å². The molecule has 0 atom stereocenters. The Kier molecular flexibility index (Phi) is 5.95. The van der Waals surface area contributed by atoms with Gasteiger partial charge < -0.3 is 5.32 Å². The van der Waals surface area contributed by atoms with Gasteiger partial charge in [0.05, 0.1) is 13.1 Å². The third kappa shape index (κ3) is 5.18. The summed E-state index contributed by atoms with van der Waals surface area (Å²) in [5.41, 5.74) is 0. The summed E-state index contributed by atoms with van der Waals surface area (Å²) >= 11 is 0. The first-order chi connectivity index (χ1) is 7.72. The van der Waals surface area contributed by atoms with Crippen LogP contribution in [-0.4, -0.2) is 25.5 Å². The number of hydrogen-bond acceptors (Lipinski definition) is 2. The molecular weight excluding hydrogens is 200 g/mol. The van der Waals surface area contributed by atoms with E-state index in [4.69, 9.17) is 6.42 Å². The van der Waals surface area contributed by atoms with Gasteiger partial charge in [0.15, 0.2) is 0 Å². The van der Waals surface area contributed by atoms with Crippen molar-refractivity contribution in [2.24, 2.45) is 11.8 Å². The Balaban J connectivity index is 2.05. The number of rotatable bonds is 5. The van der Waals surface area contributed by atoms with Gasteiger partial charge in [-0.3, -0.25) is 10.1 Å². The summed E-state index contributed by atoms with van der Waals surface area (Å²) in [4.78, 5) is 11.4. The fourth-order valence-electron chi connectivity index (χ4n) is 2.10. The van der Waals surface area contributed by atoms with E-state index in [1.54, 1.807) is 0 Å². The van der Waals surface area contributed by atoms with Crippen LogP contribution in [0.25, 0.3) is 0 Å². The molecule has 1 fully saturated rings. The zero-order valence-electron chi connectivity index (χ0n) is 10.1. The molecule has 16 heavy (non-hydrogen) atoms. The van der Waals surface area contributed by atoms with Crippen molar-refractivity contribution in [1.82, 2.24) is 10.6 Å². The maximum Gasteiger partial charge on any atom is 0.233 e. The van der Waals surface area contributed by atoms with Crippen LogP contribution in [0, 0.1) is 24.2 Å². The number of carbonyl (C=O) groups is 1. The van der Waals surface area contributed by atoms with Gasteiger partial charge in [0, 0.05) is 6.54 Å². The van der Waals surface area contributed by atoms with Crippen molar-refractivity contribution in [2.75, 3.05) is 19.6 Å². The lowest BCUT2D eigenvalue weighted by molar-refractivity contribution is -0.120. The van der Waals surface area contributed by atoms with Gasteiger partial charge in [-0.1, -0.05) is 25.7 Å². The van der Waals surface area contributed by atoms with Gasteiger partial charge in [-0.2, -0.15) is 0 Å². The van der Waals surface area contributed by atoms with E-state index in [2.05, 4.69) is 23.5 Å². The Morgan fingerprint density at radius 1 is 1.38 bits per heavy atom. The second-order valence-electron chi connectivity index (χ2n) is 4.74. The van der Waals surface area contributed by atoms with Crippen LogP contribution in [0.5, 0.6) is 0 Å². The van der Waals surface area contributed by atoms with E-state index in [1.807, 2.05) is 0 Å². The molecular formula is C13H22N2O. The van der Waals surface area contributed by atoms with Crippen LogP contribution in [0.2, 0.25) is 0 Å². The number of terminal acetylenes is 1. The molecule has 1 aliphatic carbocycles. The topological polar surface area (TPSA) is 41.1 Å². The third-order valence-corrected chi connectivity index (χ3v) is 3.24. The summed E-state index contributed by atoms with van der Waals surface area (Å²) in [6.07, 6.45) is 10.2. The van der Waals surface area contributed by atoms with Crippen LogP contribution in [0.4, 0.5) is 0 Å². The minimum absolute atomic E-state index is 0.0499. The number of carbonyl (C=O) groups excluding carboxylic acids is 1. The van der Waals surface area contributed by atoms with Crippen molar-refractivity contribution in [2.45, 2.75) is 32.6 Å². The van der Waals surface area contributed by atoms with Gasteiger partial charge in [0.2, 0.25) is 5.91 Å². The molecule has 3 heteroatoms. The molecule has 1 saturated carbocycles. The normalized spacial score (nSPS) is 24.8. The molecule has 1 rings (SSSR count). The van der Waals surface area contributed by atoms with Crippen molar-refractivity contribution < 1.29 is 4.79 Å². The average Bonchev–Trinajstić information content (AvgIpc) is 2.29. The molecule has 0 aromatic heterocycles. The molecule has 90 valence electrons. The summed E-state index contributed by atoms with van der Waals surface area (Å²) in [6.45, 7) is 3.91. The summed E-state index contributed by atoms with van der Waals surface area (Å²) in [6, 6.07) is 0. The molecule has 0 aromatic rings. The average molecular weight is 222 g/mol. The van der Waals surface area contributed by atoms with E-state index in [0.29, 0.717) is 19.0 Å². The first-order valence-electron chi connectivity index (χ1n) is 6.13. The standard InChI is InChI=1S/C13H22N2O/c1-3-8-14-10-13(16)15-9-12-6-4-11(2)5-7-12/h1,11-12,14H,4-10H2,2H3,(H,15,16). The van der Waals surface area contributed by atoms with Gasteiger partial charge in [0.1, 0.15) is 0 Å². The Bertz CT molecular complexity index is 249. The number of nitrogens with one attached hydrogen (secondary N) is 2. The zero-order valence-corrected chi connectivity index (χ0v) is 10.1. The fraction of sp³-hybridized carbons (Fsp3) is 0.769. The molecule has 0 radical (unpaired) electrons. The van der Waals surface area contributed by atoms with Gasteiger partial charge >= 0.3 is 0 Å². The minimum atomic E-state index is 0.0499. The quantitative estimate of drug-likeness (QED) is 0.541. The Morgan fingerprint density at radius 2 is 2.06 bits per heavy atom. The van der Waals surface area contributed by atoms with Gasteiger partial charge in [-0.05, 0) is 24.7 Å². The molecule has 0 saturated heterocycles. The molecule has 0 aromatic carbocycles. The van der Waals surface area contributed by atoms with E-state index >= 15 is 0 Å². The number of hydrogen-bond donors (Lipinski definition) is 2. The molecule has 1 aliphatic rings. The van der Waals surface area contributed by atoms with Crippen molar-refractivity contribution in [3.05, 3.63) is 0 Å². The van der Waals surface area contributed by atoms with Crippen LogP contribution in [0.3, 0.4) is 0 Å². The third-order valence-electron chi connectivity index (χ3n) is 3.24. The zero-order chi connectivity index (χ0) is 11.8. The van der Waals surface area contributed by atoms with Gasteiger partial charge in [0.25, 0.3) is 0 Å². The Labute approximate surface area is 98.4 Å². The maximum absolute atomic E-state index is 11.4. The smallest absolute Gasteiger partial charge is 0.233 e. The highest BCUT2D eigenvalue weighted by Gasteiger charge is 2.18. The highest BCUT2D eigenvalue weighted by atomic mass is 16.1. The second kappa shape index (κ2) is 7.29. The largest absolute Gasteiger partial charge is 0.355 e. The molecule has 0 unspecified atom stereocenters.